The maximum Gasteiger partial charge on any atom is 0.308 e. The fraction of sp³-hybridized carbons (Fsp3) is 0.512. The van der Waals surface area contributed by atoms with Crippen molar-refractivity contribution in [2.45, 2.75) is 116 Å². The summed E-state index contributed by atoms with van der Waals surface area (Å²) in [4.78, 5) is 111. The number of carboxylic acid groups (broad SMARTS) is 7. The SMILES string of the molecule is CC1(CC(=O)O)C2=CC3=NC4(OC(=O)CC4(C)C3CCC(=O)O)C(C)(O)c3[nH]c(c(CCC(=O)O)c3CC(=O)O)Cc3[nH]c(c(CC(=O)O)c3CCC(=O)O)C=C(N2)C1CCC(=O)O. The molecule has 2 aromatic heterocycles. The van der Waals surface area contributed by atoms with Gasteiger partial charge in [-0.05, 0) is 67.0 Å². The normalized spacial score (nSPS) is 26.8. The predicted molar refractivity (Wildman–Crippen MR) is 218 cm³/mol. The number of rotatable bonds is 18. The van der Waals surface area contributed by atoms with Gasteiger partial charge in [-0.25, -0.2) is 4.99 Å². The summed E-state index contributed by atoms with van der Waals surface area (Å²) in [6, 6.07) is 0. The fourth-order valence-corrected chi connectivity index (χ4v) is 10.5. The summed E-state index contributed by atoms with van der Waals surface area (Å²) in [5, 5.41) is 86.5. The second-order valence-corrected chi connectivity index (χ2v) is 17.6. The monoisotopic (exact) mass is 894 g/mol. The maximum atomic E-state index is 13.6. The lowest BCUT2D eigenvalue weighted by atomic mass is 9.62. The lowest BCUT2D eigenvalue weighted by molar-refractivity contribution is -0.200. The van der Waals surface area contributed by atoms with Crippen molar-refractivity contribution in [2.24, 2.45) is 27.7 Å². The number of carbonyl (C=O) groups excluding carboxylic acids is 1. The molecule has 2 saturated heterocycles. The zero-order chi connectivity index (χ0) is 47.3. The molecule has 2 aromatic rings. The second kappa shape index (κ2) is 17.1. The van der Waals surface area contributed by atoms with Gasteiger partial charge in [0.2, 0.25) is 5.72 Å². The number of carbonyl (C=O) groups is 8. The van der Waals surface area contributed by atoms with Gasteiger partial charge in [0.05, 0.1) is 36.8 Å². The highest BCUT2D eigenvalue weighted by atomic mass is 16.6. The molecule has 21 nitrogen and oxygen atoms in total. The molecule has 4 aliphatic heterocycles. The zero-order valence-electron chi connectivity index (χ0n) is 35.2. The molecule has 6 heterocycles. The van der Waals surface area contributed by atoms with Gasteiger partial charge >= 0.3 is 47.8 Å². The van der Waals surface area contributed by atoms with Crippen LogP contribution < -0.4 is 5.32 Å². The summed E-state index contributed by atoms with van der Waals surface area (Å²) in [6.45, 7) is 4.36. The number of H-pyrrole nitrogens is 2. The lowest BCUT2D eigenvalue weighted by Gasteiger charge is -2.45. The van der Waals surface area contributed by atoms with E-state index >= 15 is 0 Å². The van der Waals surface area contributed by atoms with Crippen LogP contribution in [0.25, 0.3) is 6.08 Å². The van der Waals surface area contributed by atoms with Crippen LogP contribution in [-0.4, -0.2) is 110 Å². The second-order valence-electron chi connectivity index (χ2n) is 17.6. The van der Waals surface area contributed by atoms with E-state index in [1.807, 2.05) is 0 Å². The van der Waals surface area contributed by atoms with Gasteiger partial charge in [0.15, 0.2) is 5.60 Å². The van der Waals surface area contributed by atoms with E-state index in [4.69, 9.17) is 9.73 Å². The smallest absolute Gasteiger partial charge is 0.308 e. The number of aliphatic hydroxyl groups is 1. The van der Waals surface area contributed by atoms with Crippen LogP contribution in [-0.2, 0) is 80.8 Å². The highest BCUT2D eigenvalue weighted by Crippen LogP contribution is 2.64. The summed E-state index contributed by atoms with van der Waals surface area (Å²) >= 11 is 0. The number of hydrogen-bond donors (Lipinski definition) is 11. The largest absolute Gasteiger partial charge is 0.481 e. The maximum absolute atomic E-state index is 13.6. The molecule has 64 heavy (non-hydrogen) atoms. The summed E-state index contributed by atoms with van der Waals surface area (Å²) in [5.74, 6) is -11.7. The Hall–Kier alpha value is -6.77. The van der Waals surface area contributed by atoms with Crippen molar-refractivity contribution in [3.63, 3.8) is 0 Å². The number of allylic oxidation sites excluding steroid dienone is 3. The topological polar surface area (TPSA) is 364 Å². The Bertz CT molecular complexity index is 2450. The van der Waals surface area contributed by atoms with Crippen molar-refractivity contribution in [3.8, 4) is 0 Å². The van der Waals surface area contributed by atoms with Gasteiger partial charge in [-0.1, -0.05) is 13.8 Å². The number of fused-ring (bicyclic) bond motifs is 6. The van der Waals surface area contributed by atoms with Gasteiger partial charge in [-0.15, -0.1) is 0 Å². The zero-order valence-corrected chi connectivity index (χ0v) is 35.2. The van der Waals surface area contributed by atoms with Gasteiger partial charge in [0, 0.05) is 83.5 Å². The Kier molecular flexibility index (Phi) is 12.5. The first kappa shape index (κ1) is 46.7. The Morgan fingerprint density at radius 3 is 1.77 bits per heavy atom. The van der Waals surface area contributed by atoms with Crippen LogP contribution in [0.15, 0.2) is 22.5 Å². The fourth-order valence-electron chi connectivity index (χ4n) is 10.5. The third-order valence-electron chi connectivity index (χ3n) is 13.4. The van der Waals surface area contributed by atoms with Crippen molar-refractivity contribution >= 4 is 59.5 Å². The Labute approximate surface area is 363 Å². The number of aliphatic imine (C=N–C) groups is 1. The van der Waals surface area contributed by atoms with E-state index in [9.17, 15) is 79.2 Å². The van der Waals surface area contributed by atoms with Crippen LogP contribution in [0, 0.1) is 22.7 Å². The molecule has 8 bridgehead atoms. The average molecular weight is 895 g/mol. The van der Waals surface area contributed by atoms with Crippen molar-refractivity contribution in [1.82, 2.24) is 15.3 Å². The van der Waals surface area contributed by atoms with E-state index in [0.29, 0.717) is 0 Å². The molecular weight excluding hydrogens is 844 g/mol. The molecular formula is C43H50N4O17. The van der Waals surface area contributed by atoms with Crippen LogP contribution in [0.3, 0.4) is 0 Å². The van der Waals surface area contributed by atoms with Crippen LogP contribution in [0.4, 0.5) is 0 Å². The first-order valence-electron chi connectivity index (χ1n) is 20.6. The minimum Gasteiger partial charge on any atom is -0.481 e. The summed E-state index contributed by atoms with van der Waals surface area (Å²) in [6.07, 6.45) is -2.57. The number of aromatic nitrogens is 2. The minimum atomic E-state index is -2.52. The number of ether oxygens (including phenoxy) is 1. The lowest BCUT2D eigenvalue weighted by Crippen LogP contribution is -2.57. The first-order valence-corrected chi connectivity index (χ1v) is 20.6. The number of carboxylic acids is 7. The summed E-state index contributed by atoms with van der Waals surface area (Å²) in [5.41, 5.74) is -6.78. The van der Waals surface area contributed by atoms with E-state index < -0.39 is 133 Å². The van der Waals surface area contributed by atoms with Gasteiger partial charge in [0.1, 0.15) is 0 Å². The third kappa shape index (κ3) is 8.38. The van der Waals surface area contributed by atoms with Crippen LogP contribution >= 0.6 is 0 Å². The summed E-state index contributed by atoms with van der Waals surface area (Å²) < 4.78 is 6.08. The molecule has 6 atom stereocenters. The number of aromatic amines is 2. The number of aliphatic carboxylic acids is 7. The molecule has 11 N–H and O–H groups in total. The predicted octanol–water partition coefficient (Wildman–Crippen LogP) is 2.82. The molecule has 6 rings (SSSR count). The molecule has 0 radical (unpaired) electrons. The molecule has 0 amide bonds. The molecule has 21 heteroatoms. The van der Waals surface area contributed by atoms with Gasteiger partial charge in [0.25, 0.3) is 0 Å². The number of nitrogens with one attached hydrogen (secondary N) is 3. The number of esters is 1. The van der Waals surface area contributed by atoms with Gasteiger partial charge in [-0.3, -0.25) is 38.4 Å². The molecule has 6 unspecified atom stereocenters. The van der Waals surface area contributed by atoms with E-state index in [2.05, 4.69) is 15.3 Å². The Balaban J connectivity index is 1.79. The molecule has 2 fully saturated rings. The quantitative estimate of drug-likeness (QED) is 0.0958. The highest BCUT2D eigenvalue weighted by Gasteiger charge is 2.74. The van der Waals surface area contributed by atoms with Gasteiger partial charge < -0.3 is 60.9 Å². The van der Waals surface area contributed by atoms with Crippen molar-refractivity contribution in [1.29, 1.82) is 0 Å². The average Bonchev–Trinajstić information content (AvgIpc) is 3.87. The van der Waals surface area contributed by atoms with Crippen LogP contribution in [0.2, 0.25) is 0 Å². The van der Waals surface area contributed by atoms with E-state index in [1.54, 1.807) is 13.8 Å². The minimum absolute atomic E-state index is 0.0586. The van der Waals surface area contributed by atoms with Crippen molar-refractivity contribution in [2.75, 3.05) is 0 Å². The molecule has 1 spiro atoms. The molecule has 0 aliphatic carbocycles. The molecule has 4 aliphatic rings. The van der Waals surface area contributed by atoms with E-state index in [-0.39, 0.29) is 94.2 Å². The van der Waals surface area contributed by atoms with E-state index in [0.717, 1.165) is 0 Å². The molecule has 0 aromatic carbocycles. The number of hydrogen-bond acceptors (Lipinski definition) is 12. The Morgan fingerprint density at radius 1 is 0.688 bits per heavy atom. The molecule has 344 valence electrons. The first-order chi connectivity index (χ1) is 29.8. The third-order valence-corrected chi connectivity index (χ3v) is 13.4. The standard InChI is InChI=1S/C43H50N4O17/c1-40(17-37(60)61)23(6-10-33(52)53)28-15-27-21(12-35(56)57)19(4-8-31(48)49)25(44-27)14-26-20(5-9-32(50)51)22(13-36(58)59)39(46-26)42(3,63)43-41(2,18-38(62)64-43)24(7-11-34(54)55)29(47-43)16-30(40)45-28/h15-16,23-24,44-46,63H,4-14,17-18H2,1-3H3,(H,48,49)(H,50,51)(H,52,53)(H,54,55)(H,56,57)(H,58,59)(H,60,61). The highest BCUT2D eigenvalue weighted by molar-refractivity contribution is 6.02. The van der Waals surface area contributed by atoms with Crippen molar-refractivity contribution in [3.05, 3.63) is 62.5 Å². The van der Waals surface area contributed by atoms with Crippen LogP contribution in [0.5, 0.6) is 0 Å². The molecule has 0 saturated carbocycles. The van der Waals surface area contributed by atoms with E-state index in [1.165, 1.54) is 19.1 Å². The Morgan fingerprint density at radius 2 is 1.22 bits per heavy atom. The van der Waals surface area contributed by atoms with Crippen molar-refractivity contribution < 1.29 is 83.9 Å². The van der Waals surface area contributed by atoms with Crippen LogP contribution in [0.1, 0.15) is 117 Å². The summed E-state index contributed by atoms with van der Waals surface area (Å²) in [7, 11) is 0. The van der Waals surface area contributed by atoms with Gasteiger partial charge in [-0.2, -0.15) is 0 Å². The number of nitrogens with zero attached hydrogens (tertiary/aromatic N) is 1.